The van der Waals surface area contributed by atoms with Crippen LogP contribution in [-0.2, 0) is 13.0 Å². The lowest BCUT2D eigenvalue weighted by atomic mass is 10.1. The number of rotatable bonds is 6. The van der Waals surface area contributed by atoms with Gasteiger partial charge in [0.2, 0.25) is 0 Å². The van der Waals surface area contributed by atoms with Crippen LogP contribution < -0.4 is 16.0 Å². The molecular formula is C16H22ClN5O. The summed E-state index contributed by atoms with van der Waals surface area (Å²) < 4.78 is 0. The van der Waals surface area contributed by atoms with Gasteiger partial charge in [-0.3, -0.25) is 9.89 Å². The molecule has 1 aliphatic heterocycles. The standard InChI is InChI=1S/C16H21N5O.ClH/c22-16(15-13-11-17-10-7-14(13)20-21-15)19-9-4-8-18-12-5-2-1-3-6-12;/h1-3,5-6,17-18H,4,7-11H2,(H,19,22)(H,20,21);1H. The molecule has 0 radical (unpaired) electrons. The first-order chi connectivity index (χ1) is 10.8. The van der Waals surface area contributed by atoms with Crippen molar-refractivity contribution in [1.82, 2.24) is 20.8 Å². The predicted molar refractivity (Wildman–Crippen MR) is 93.1 cm³/mol. The quantitative estimate of drug-likeness (QED) is 0.606. The van der Waals surface area contributed by atoms with Gasteiger partial charge < -0.3 is 16.0 Å². The van der Waals surface area contributed by atoms with E-state index in [2.05, 4.69) is 26.1 Å². The first-order valence-electron chi connectivity index (χ1n) is 7.68. The second kappa shape index (κ2) is 8.55. The van der Waals surface area contributed by atoms with E-state index in [0.29, 0.717) is 18.8 Å². The number of aromatic nitrogens is 2. The number of hydrogen-bond acceptors (Lipinski definition) is 4. The van der Waals surface area contributed by atoms with Crippen LogP contribution in [0.5, 0.6) is 0 Å². The summed E-state index contributed by atoms with van der Waals surface area (Å²) in [4.78, 5) is 12.2. The zero-order valence-electron chi connectivity index (χ0n) is 12.9. The molecule has 1 aromatic heterocycles. The summed E-state index contributed by atoms with van der Waals surface area (Å²) >= 11 is 0. The summed E-state index contributed by atoms with van der Waals surface area (Å²) in [6, 6.07) is 10.0. The molecule has 23 heavy (non-hydrogen) atoms. The third kappa shape index (κ3) is 4.46. The first kappa shape index (κ1) is 17.3. The Morgan fingerprint density at radius 1 is 1.22 bits per heavy atom. The van der Waals surface area contributed by atoms with Gasteiger partial charge >= 0.3 is 0 Å². The van der Waals surface area contributed by atoms with Crippen LogP contribution in [0.1, 0.15) is 28.2 Å². The Bertz CT molecular complexity index is 629. The van der Waals surface area contributed by atoms with E-state index in [-0.39, 0.29) is 18.3 Å². The molecule has 0 saturated carbocycles. The second-order valence-corrected chi connectivity index (χ2v) is 5.36. The number of amides is 1. The summed E-state index contributed by atoms with van der Waals surface area (Å²) in [5.74, 6) is -0.0964. The van der Waals surface area contributed by atoms with Crippen LogP contribution >= 0.6 is 12.4 Å². The third-order valence-corrected chi connectivity index (χ3v) is 3.76. The molecule has 0 spiro atoms. The van der Waals surface area contributed by atoms with Crippen LogP contribution in [0.3, 0.4) is 0 Å². The first-order valence-corrected chi connectivity index (χ1v) is 7.68. The monoisotopic (exact) mass is 335 g/mol. The topological polar surface area (TPSA) is 81.8 Å². The summed E-state index contributed by atoms with van der Waals surface area (Å²) in [5.41, 5.74) is 3.71. The molecule has 1 aliphatic rings. The average Bonchev–Trinajstić information content (AvgIpc) is 2.99. The minimum Gasteiger partial charge on any atom is -0.385 e. The molecule has 7 heteroatoms. The van der Waals surface area contributed by atoms with Gasteiger partial charge in [0.25, 0.3) is 5.91 Å². The number of carbonyl (C=O) groups is 1. The van der Waals surface area contributed by atoms with Crippen molar-refractivity contribution >= 4 is 24.0 Å². The van der Waals surface area contributed by atoms with Crippen molar-refractivity contribution in [1.29, 1.82) is 0 Å². The van der Waals surface area contributed by atoms with Crippen LogP contribution in [0.25, 0.3) is 0 Å². The zero-order valence-corrected chi connectivity index (χ0v) is 13.7. The molecule has 0 aliphatic carbocycles. The average molecular weight is 336 g/mol. The number of hydrogen-bond donors (Lipinski definition) is 4. The van der Waals surface area contributed by atoms with Gasteiger partial charge in [-0.1, -0.05) is 18.2 Å². The number of carbonyl (C=O) groups excluding carboxylic acids is 1. The molecule has 3 rings (SSSR count). The van der Waals surface area contributed by atoms with E-state index in [1.807, 2.05) is 30.3 Å². The number of anilines is 1. The Hall–Kier alpha value is -2.05. The minimum atomic E-state index is -0.0964. The number of nitrogens with zero attached hydrogens (tertiary/aromatic N) is 1. The molecule has 0 bridgehead atoms. The van der Waals surface area contributed by atoms with Crippen molar-refractivity contribution in [2.75, 3.05) is 25.0 Å². The molecule has 2 aromatic rings. The molecule has 124 valence electrons. The molecule has 4 N–H and O–H groups in total. The summed E-state index contributed by atoms with van der Waals surface area (Å²) in [5, 5.41) is 16.6. The van der Waals surface area contributed by atoms with E-state index in [1.54, 1.807) is 0 Å². The van der Waals surface area contributed by atoms with Crippen LogP contribution in [0.2, 0.25) is 0 Å². The van der Waals surface area contributed by atoms with E-state index in [1.165, 1.54) is 0 Å². The molecular weight excluding hydrogens is 314 g/mol. The molecule has 0 saturated heterocycles. The lowest BCUT2D eigenvalue weighted by Crippen LogP contribution is -2.29. The molecule has 0 fully saturated rings. The maximum atomic E-state index is 12.2. The van der Waals surface area contributed by atoms with Gasteiger partial charge in [0.1, 0.15) is 0 Å². The van der Waals surface area contributed by atoms with Gasteiger partial charge in [-0.05, 0) is 18.6 Å². The van der Waals surface area contributed by atoms with Gasteiger partial charge in [-0.25, -0.2) is 0 Å². The maximum Gasteiger partial charge on any atom is 0.272 e. The van der Waals surface area contributed by atoms with Crippen LogP contribution in [0.15, 0.2) is 30.3 Å². The zero-order chi connectivity index (χ0) is 15.2. The third-order valence-electron chi connectivity index (χ3n) is 3.76. The predicted octanol–water partition coefficient (Wildman–Crippen LogP) is 1.71. The van der Waals surface area contributed by atoms with Gasteiger partial charge in [0.05, 0.1) is 0 Å². The Labute approximate surface area is 141 Å². The van der Waals surface area contributed by atoms with Gasteiger partial charge in [0, 0.05) is 49.5 Å². The number of aromatic amines is 1. The van der Waals surface area contributed by atoms with E-state index < -0.39 is 0 Å². The molecule has 0 atom stereocenters. The lowest BCUT2D eigenvalue weighted by molar-refractivity contribution is 0.0947. The highest BCUT2D eigenvalue weighted by Crippen LogP contribution is 2.14. The van der Waals surface area contributed by atoms with Crippen LogP contribution in [0.4, 0.5) is 5.69 Å². The van der Waals surface area contributed by atoms with Gasteiger partial charge in [0.15, 0.2) is 5.69 Å². The summed E-state index contributed by atoms with van der Waals surface area (Å²) in [6.07, 6.45) is 1.77. The highest BCUT2D eigenvalue weighted by atomic mass is 35.5. The molecule has 0 unspecified atom stereocenters. The van der Waals surface area contributed by atoms with Crippen molar-refractivity contribution in [3.63, 3.8) is 0 Å². The Morgan fingerprint density at radius 2 is 2.04 bits per heavy atom. The molecule has 2 heterocycles. The number of benzene rings is 1. The summed E-state index contributed by atoms with van der Waals surface area (Å²) in [6.45, 7) is 3.10. The largest absolute Gasteiger partial charge is 0.385 e. The van der Waals surface area contributed by atoms with E-state index in [0.717, 1.165) is 42.9 Å². The minimum absolute atomic E-state index is 0. The fourth-order valence-electron chi connectivity index (χ4n) is 2.58. The number of fused-ring (bicyclic) bond motifs is 1. The SMILES string of the molecule is Cl.O=C(NCCCNc1ccccc1)c1n[nH]c2c1CNCC2. The summed E-state index contributed by atoms with van der Waals surface area (Å²) in [7, 11) is 0. The van der Waals surface area contributed by atoms with Crippen molar-refractivity contribution in [2.45, 2.75) is 19.4 Å². The molecule has 1 aromatic carbocycles. The smallest absolute Gasteiger partial charge is 0.272 e. The number of halogens is 1. The maximum absolute atomic E-state index is 12.2. The molecule has 6 nitrogen and oxygen atoms in total. The fourth-order valence-corrected chi connectivity index (χ4v) is 2.58. The van der Waals surface area contributed by atoms with Crippen molar-refractivity contribution in [3.05, 3.63) is 47.3 Å². The highest BCUT2D eigenvalue weighted by molar-refractivity contribution is 5.94. The fraction of sp³-hybridized carbons (Fsp3) is 0.375. The van der Waals surface area contributed by atoms with Gasteiger partial charge in [-0.15, -0.1) is 12.4 Å². The number of para-hydroxylation sites is 1. The van der Waals surface area contributed by atoms with Crippen molar-refractivity contribution in [3.8, 4) is 0 Å². The van der Waals surface area contributed by atoms with E-state index in [9.17, 15) is 4.79 Å². The van der Waals surface area contributed by atoms with Crippen molar-refractivity contribution in [2.24, 2.45) is 0 Å². The normalized spacial score (nSPS) is 12.9. The second-order valence-electron chi connectivity index (χ2n) is 5.36. The Morgan fingerprint density at radius 3 is 2.87 bits per heavy atom. The van der Waals surface area contributed by atoms with Crippen LogP contribution in [-0.4, -0.2) is 35.7 Å². The van der Waals surface area contributed by atoms with Gasteiger partial charge in [-0.2, -0.15) is 5.10 Å². The Balaban J connectivity index is 0.00000192. The number of H-pyrrole nitrogens is 1. The molecule has 1 amide bonds. The highest BCUT2D eigenvalue weighted by Gasteiger charge is 2.20. The van der Waals surface area contributed by atoms with E-state index in [4.69, 9.17) is 0 Å². The van der Waals surface area contributed by atoms with E-state index >= 15 is 0 Å². The van der Waals surface area contributed by atoms with Crippen LogP contribution in [0, 0.1) is 0 Å². The lowest BCUT2D eigenvalue weighted by Gasteiger charge is -2.13. The van der Waals surface area contributed by atoms with Crippen molar-refractivity contribution < 1.29 is 4.79 Å². The number of nitrogens with one attached hydrogen (secondary N) is 4. The Kier molecular flexibility index (Phi) is 6.43.